The van der Waals surface area contributed by atoms with Crippen LogP contribution >= 0.6 is 24.0 Å². The summed E-state index contributed by atoms with van der Waals surface area (Å²) >= 11 is 6.46. The number of hydrogen-bond donors (Lipinski definition) is 2. The Balaban J connectivity index is 2.24. The second-order valence-corrected chi connectivity index (χ2v) is 5.47. The van der Waals surface area contributed by atoms with Crippen LogP contribution in [-0.2, 0) is 0 Å². The molecule has 92 valence electrons. The molecule has 1 fully saturated rings. The van der Waals surface area contributed by atoms with Crippen LogP contribution in [0.25, 0.3) is 0 Å². The lowest BCUT2D eigenvalue weighted by atomic mass is 10.1. The topological polar surface area (TPSA) is 38.0 Å². The average molecular weight is 274 g/mol. The van der Waals surface area contributed by atoms with Gasteiger partial charge < -0.3 is 11.1 Å². The van der Waals surface area contributed by atoms with Gasteiger partial charge in [0, 0.05) is 17.4 Å². The van der Waals surface area contributed by atoms with Gasteiger partial charge in [0.05, 0.1) is 0 Å². The standard InChI is InChI=1S/C11H12F2N2S2/c12-8-3-6(11(14)16)4-9(13)10(8)15-7-1-2-17-5-7/h3-4,7,15H,1-2,5H2,(H2,14,16). The molecule has 1 aliphatic heterocycles. The minimum absolute atomic E-state index is 0.00854. The molecule has 0 aliphatic carbocycles. The number of thiocarbonyl (C=S) groups is 1. The number of nitrogens with one attached hydrogen (secondary N) is 1. The van der Waals surface area contributed by atoms with Crippen molar-refractivity contribution in [2.45, 2.75) is 12.5 Å². The van der Waals surface area contributed by atoms with Crippen LogP contribution in [0.15, 0.2) is 12.1 Å². The molecule has 1 aromatic carbocycles. The van der Waals surface area contributed by atoms with Gasteiger partial charge in [0.25, 0.3) is 0 Å². The predicted molar refractivity (Wildman–Crippen MR) is 71.6 cm³/mol. The smallest absolute Gasteiger partial charge is 0.150 e. The Morgan fingerprint density at radius 3 is 2.53 bits per heavy atom. The fourth-order valence-electron chi connectivity index (χ4n) is 1.71. The largest absolute Gasteiger partial charge is 0.389 e. The van der Waals surface area contributed by atoms with Crippen LogP contribution < -0.4 is 11.1 Å². The average Bonchev–Trinajstić information content (AvgIpc) is 2.75. The first-order valence-corrected chi connectivity index (χ1v) is 6.77. The van der Waals surface area contributed by atoms with Crippen LogP contribution in [0.2, 0.25) is 0 Å². The summed E-state index contributed by atoms with van der Waals surface area (Å²) in [6.45, 7) is 0. The molecule has 0 saturated carbocycles. The summed E-state index contributed by atoms with van der Waals surface area (Å²) in [5, 5.41) is 2.89. The molecule has 1 saturated heterocycles. The van der Waals surface area contributed by atoms with Crippen molar-refractivity contribution in [3.05, 3.63) is 29.3 Å². The molecule has 1 aliphatic rings. The molecular formula is C11H12F2N2S2. The molecule has 2 rings (SSSR count). The highest BCUT2D eigenvalue weighted by molar-refractivity contribution is 7.99. The fourth-order valence-corrected chi connectivity index (χ4v) is 2.98. The molecule has 0 bridgehead atoms. The molecule has 0 aromatic heterocycles. The molecular weight excluding hydrogens is 262 g/mol. The lowest BCUT2D eigenvalue weighted by molar-refractivity contribution is 0.583. The molecule has 0 radical (unpaired) electrons. The van der Waals surface area contributed by atoms with Crippen molar-refractivity contribution in [2.24, 2.45) is 5.73 Å². The predicted octanol–water partition coefficient (Wildman–Crippen LogP) is 2.52. The zero-order chi connectivity index (χ0) is 12.4. The first-order chi connectivity index (χ1) is 8.08. The van der Waals surface area contributed by atoms with Crippen molar-refractivity contribution < 1.29 is 8.78 Å². The number of thioether (sulfide) groups is 1. The van der Waals surface area contributed by atoms with E-state index in [-0.39, 0.29) is 22.3 Å². The van der Waals surface area contributed by atoms with Gasteiger partial charge in [-0.25, -0.2) is 8.78 Å². The maximum absolute atomic E-state index is 13.7. The first-order valence-electron chi connectivity index (χ1n) is 5.21. The van der Waals surface area contributed by atoms with Gasteiger partial charge in [-0.1, -0.05) is 12.2 Å². The summed E-state index contributed by atoms with van der Waals surface area (Å²) in [5.41, 5.74) is 5.46. The summed E-state index contributed by atoms with van der Waals surface area (Å²) in [6.07, 6.45) is 0.917. The van der Waals surface area contributed by atoms with Crippen molar-refractivity contribution >= 4 is 34.7 Å². The second-order valence-electron chi connectivity index (χ2n) is 3.88. The number of rotatable bonds is 3. The number of benzene rings is 1. The zero-order valence-corrected chi connectivity index (χ0v) is 10.6. The normalized spacial score (nSPS) is 19.3. The number of hydrogen-bond acceptors (Lipinski definition) is 3. The molecule has 0 spiro atoms. The van der Waals surface area contributed by atoms with Gasteiger partial charge in [0.1, 0.15) is 22.3 Å². The van der Waals surface area contributed by atoms with E-state index in [0.29, 0.717) is 0 Å². The molecule has 2 nitrogen and oxygen atoms in total. The van der Waals surface area contributed by atoms with Crippen LogP contribution in [0.3, 0.4) is 0 Å². The van der Waals surface area contributed by atoms with E-state index in [2.05, 4.69) is 17.5 Å². The summed E-state index contributed by atoms with van der Waals surface area (Å²) in [5.74, 6) is 0.594. The minimum Gasteiger partial charge on any atom is -0.389 e. The van der Waals surface area contributed by atoms with E-state index >= 15 is 0 Å². The SMILES string of the molecule is NC(=S)c1cc(F)c(NC2CCSC2)c(F)c1. The third kappa shape index (κ3) is 2.87. The van der Waals surface area contributed by atoms with Crippen LogP contribution in [-0.4, -0.2) is 22.5 Å². The molecule has 3 N–H and O–H groups in total. The van der Waals surface area contributed by atoms with Crippen LogP contribution in [0.5, 0.6) is 0 Å². The molecule has 1 atom stereocenters. The van der Waals surface area contributed by atoms with E-state index in [1.54, 1.807) is 11.8 Å². The quantitative estimate of drug-likeness (QED) is 0.831. The van der Waals surface area contributed by atoms with Gasteiger partial charge >= 0.3 is 0 Å². The molecule has 6 heteroatoms. The molecule has 1 heterocycles. The van der Waals surface area contributed by atoms with Gasteiger partial charge in [-0.2, -0.15) is 11.8 Å². The fraction of sp³-hybridized carbons (Fsp3) is 0.364. The lowest BCUT2D eigenvalue weighted by Crippen LogP contribution is -2.20. The highest BCUT2D eigenvalue weighted by atomic mass is 32.2. The number of anilines is 1. The highest BCUT2D eigenvalue weighted by Gasteiger charge is 2.19. The number of nitrogens with two attached hydrogens (primary N) is 1. The minimum atomic E-state index is -0.648. The summed E-state index contributed by atoms with van der Waals surface area (Å²) in [4.78, 5) is -0.00854. The molecule has 17 heavy (non-hydrogen) atoms. The van der Waals surface area contributed by atoms with Crippen molar-refractivity contribution in [2.75, 3.05) is 16.8 Å². The van der Waals surface area contributed by atoms with E-state index < -0.39 is 11.6 Å². The van der Waals surface area contributed by atoms with Crippen LogP contribution in [0.4, 0.5) is 14.5 Å². The van der Waals surface area contributed by atoms with E-state index in [1.807, 2.05) is 0 Å². The lowest BCUT2D eigenvalue weighted by Gasteiger charge is -2.15. The van der Waals surface area contributed by atoms with E-state index in [1.165, 1.54) is 0 Å². The Morgan fingerprint density at radius 1 is 1.41 bits per heavy atom. The Bertz CT molecular complexity index is 422. The third-order valence-electron chi connectivity index (χ3n) is 2.60. The highest BCUT2D eigenvalue weighted by Crippen LogP contribution is 2.26. The summed E-state index contributed by atoms with van der Waals surface area (Å²) < 4.78 is 27.4. The second kappa shape index (κ2) is 5.18. The van der Waals surface area contributed by atoms with E-state index in [4.69, 9.17) is 5.73 Å². The Kier molecular flexibility index (Phi) is 3.83. The Labute approximate surface area is 108 Å². The zero-order valence-electron chi connectivity index (χ0n) is 9.00. The van der Waals surface area contributed by atoms with Crippen LogP contribution in [0, 0.1) is 11.6 Å². The third-order valence-corrected chi connectivity index (χ3v) is 4.00. The maximum Gasteiger partial charge on any atom is 0.150 e. The van der Waals surface area contributed by atoms with Crippen molar-refractivity contribution in [3.63, 3.8) is 0 Å². The first kappa shape index (κ1) is 12.6. The molecule has 0 amide bonds. The van der Waals surface area contributed by atoms with Gasteiger partial charge in [-0.05, 0) is 24.3 Å². The van der Waals surface area contributed by atoms with Gasteiger partial charge in [-0.3, -0.25) is 0 Å². The van der Waals surface area contributed by atoms with Crippen LogP contribution in [0.1, 0.15) is 12.0 Å². The number of halogens is 2. The van der Waals surface area contributed by atoms with Gasteiger partial charge in [-0.15, -0.1) is 0 Å². The molecule has 1 unspecified atom stereocenters. The van der Waals surface area contributed by atoms with E-state index in [9.17, 15) is 8.78 Å². The Morgan fingerprint density at radius 2 is 2.06 bits per heavy atom. The van der Waals surface area contributed by atoms with Crippen molar-refractivity contribution in [3.8, 4) is 0 Å². The van der Waals surface area contributed by atoms with Crippen molar-refractivity contribution in [1.29, 1.82) is 0 Å². The summed E-state index contributed by atoms with van der Waals surface area (Å²) in [7, 11) is 0. The Hall–Kier alpha value is -0.880. The van der Waals surface area contributed by atoms with Gasteiger partial charge in [0.15, 0.2) is 0 Å². The molecule has 1 aromatic rings. The monoisotopic (exact) mass is 274 g/mol. The van der Waals surface area contributed by atoms with Crippen molar-refractivity contribution in [1.82, 2.24) is 0 Å². The summed E-state index contributed by atoms with van der Waals surface area (Å²) in [6, 6.07) is 2.45. The van der Waals surface area contributed by atoms with Gasteiger partial charge in [0.2, 0.25) is 0 Å². The van der Waals surface area contributed by atoms with E-state index in [0.717, 1.165) is 30.1 Å². The maximum atomic E-state index is 13.7.